The summed E-state index contributed by atoms with van der Waals surface area (Å²) in [6.45, 7) is 1.71. The summed E-state index contributed by atoms with van der Waals surface area (Å²) in [6, 6.07) is 2.83. The van der Waals surface area contributed by atoms with Gasteiger partial charge < -0.3 is 19.5 Å². The van der Waals surface area contributed by atoms with E-state index in [1.54, 1.807) is 0 Å². The van der Waals surface area contributed by atoms with Gasteiger partial charge in [-0.2, -0.15) is 9.97 Å². The van der Waals surface area contributed by atoms with Gasteiger partial charge in [0.1, 0.15) is 29.4 Å². The molecular formula is C33H31F7N6O3. The zero-order chi connectivity index (χ0) is 34.2. The van der Waals surface area contributed by atoms with Gasteiger partial charge in [0, 0.05) is 10.9 Å². The predicted molar refractivity (Wildman–Crippen MR) is 164 cm³/mol. The summed E-state index contributed by atoms with van der Waals surface area (Å²) in [7, 11) is 0. The lowest BCUT2D eigenvalue weighted by molar-refractivity contribution is -0.275. The Morgan fingerprint density at radius 3 is 2.53 bits per heavy atom. The molecule has 3 saturated heterocycles. The van der Waals surface area contributed by atoms with Gasteiger partial charge in [0.05, 0.1) is 29.2 Å². The molecule has 0 spiro atoms. The number of alkyl halides is 5. The van der Waals surface area contributed by atoms with Gasteiger partial charge in [-0.15, -0.1) is 13.2 Å². The van der Waals surface area contributed by atoms with E-state index in [0.717, 1.165) is 63.0 Å². The number of fused-ring (bicyclic) bond motifs is 4. The summed E-state index contributed by atoms with van der Waals surface area (Å²) in [4.78, 5) is 17.3. The van der Waals surface area contributed by atoms with Gasteiger partial charge in [0.25, 0.3) is 0 Å². The second kappa shape index (κ2) is 11.7. The van der Waals surface area contributed by atoms with Crippen LogP contribution in [0.15, 0.2) is 24.3 Å². The summed E-state index contributed by atoms with van der Waals surface area (Å²) in [6.07, 6.45) is -4.40. The molecule has 16 heteroatoms. The third-order valence-electron chi connectivity index (χ3n) is 10.2. The summed E-state index contributed by atoms with van der Waals surface area (Å²) < 4.78 is 113. The fourth-order valence-corrected chi connectivity index (χ4v) is 8.12. The van der Waals surface area contributed by atoms with Crippen LogP contribution in [0.2, 0.25) is 0 Å². The number of aryl methyl sites for hydroxylation is 1. The van der Waals surface area contributed by atoms with Crippen LogP contribution in [0.5, 0.6) is 17.5 Å². The molecule has 2 unspecified atom stereocenters. The van der Waals surface area contributed by atoms with Gasteiger partial charge in [0.2, 0.25) is 0 Å². The minimum Gasteiger partial charge on any atom is -0.508 e. The number of nitrogens with one attached hydrogen (secondary N) is 1. The molecule has 0 amide bonds. The van der Waals surface area contributed by atoms with Crippen LogP contribution in [0, 0.1) is 11.6 Å². The van der Waals surface area contributed by atoms with Crippen LogP contribution < -0.4 is 19.7 Å². The molecule has 0 bridgehead atoms. The quantitative estimate of drug-likeness (QED) is 0.181. The maximum Gasteiger partial charge on any atom is 0.573 e. The highest BCUT2D eigenvalue weighted by Gasteiger charge is 2.45. The second-order valence-corrected chi connectivity index (χ2v) is 13.1. The number of benzene rings is 2. The van der Waals surface area contributed by atoms with Gasteiger partial charge in [-0.05, 0) is 81.6 Å². The number of nitrogens with zero attached hydrogens (tertiary/aromatic N) is 5. The molecule has 2 aromatic heterocycles. The van der Waals surface area contributed by atoms with E-state index in [2.05, 4.69) is 29.9 Å². The van der Waals surface area contributed by atoms with E-state index in [9.17, 15) is 27.1 Å². The average Bonchev–Trinajstić information content (AvgIpc) is 3.62. The normalized spacial score (nSPS) is 23.7. The molecule has 4 aliphatic heterocycles. The van der Waals surface area contributed by atoms with Gasteiger partial charge in [-0.1, -0.05) is 6.07 Å². The van der Waals surface area contributed by atoms with E-state index in [4.69, 9.17) is 4.74 Å². The third-order valence-corrected chi connectivity index (χ3v) is 10.2. The molecule has 0 saturated carbocycles. The summed E-state index contributed by atoms with van der Waals surface area (Å²) >= 11 is 0. The molecule has 260 valence electrons. The maximum atomic E-state index is 17.0. The Bertz CT molecular complexity index is 1950. The molecule has 6 heterocycles. The van der Waals surface area contributed by atoms with Crippen molar-refractivity contribution in [3.8, 4) is 28.8 Å². The minimum atomic E-state index is -5.30. The first-order valence-corrected chi connectivity index (χ1v) is 16.2. The van der Waals surface area contributed by atoms with Crippen molar-refractivity contribution < 1.29 is 45.3 Å². The summed E-state index contributed by atoms with van der Waals surface area (Å²) in [5, 5.41) is 12.4. The predicted octanol–water partition coefficient (Wildman–Crippen LogP) is 6.44. The molecule has 4 aromatic rings. The Hall–Kier alpha value is -4.18. The first-order valence-electron chi connectivity index (χ1n) is 16.2. The van der Waals surface area contributed by atoms with E-state index < -0.39 is 59.2 Å². The number of ether oxygens (including phenoxy) is 2. The number of piperazine rings is 1. The van der Waals surface area contributed by atoms with Crippen molar-refractivity contribution in [3.05, 3.63) is 41.6 Å². The van der Waals surface area contributed by atoms with Crippen LogP contribution in [0.3, 0.4) is 0 Å². The molecule has 2 aromatic carbocycles. The van der Waals surface area contributed by atoms with Crippen molar-refractivity contribution in [2.45, 2.75) is 75.5 Å². The number of phenolic OH excluding ortho intramolecular Hbond substituents is 1. The lowest BCUT2D eigenvalue weighted by atomic mass is 9.95. The maximum absolute atomic E-state index is 17.0. The lowest BCUT2D eigenvalue weighted by Gasteiger charge is -2.42. The first kappa shape index (κ1) is 32.0. The molecule has 4 aliphatic rings. The lowest BCUT2D eigenvalue weighted by Crippen LogP contribution is -2.60. The molecule has 8 rings (SSSR count). The van der Waals surface area contributed by atoms with Crippen molar-refractivity contribution in [1.29, 1.82) is 0 Å². The molecule has 0 aliphatic carbocycles. The highest BCUT2D eigenvalue weighted by molar-refractivity contribution is 6.04. The van der Waals surface area contributed by atoms with E-state index in [-0.39, 0.29) is 70.9 Å². The van der Waals surface area contributed by atoms with Crippen LogP contribution in [-0.2, 0) is 6.42 Å². The third kappa shape index (κ3) is 5.52. The Labute approximate surface area is 275 Å². The van der Waals surface area contributed by atoms with Crippen molar-refractivity contribution in [2.75, 3.05) is 31.1 Å². The highest BCUT2D eigenvalue weighted by atomic mass is 19.4. The fourth-order valence-electron chi connectivity index (χ4n) is 8.12. The van der Waals surface area contributed by atoms with Crippen molar-refractivity contribution in [1.82, 2.24) is 25.2 Å². The number of anilines is 1. The fraction of sp³-hybridized carbons (Fsp3) is 0.485. The standard InChI is InChI=1S/C33H31F7N6O3/c34-19-7-6-16-12-17(47)13-18(23(16)28(19)49-33(38,39)40)26-25(36)27-24-20(41-26)4-1-5-21-29(37)42-22(35)14-46(21)30(24)44-31(43-27)48-15-32-8-2-10-45(32)11-3-9-32/h6-7,12-13,21-22,29,42,47H,1-5,8-11,14-15H2/t21-,22?,29?/m1/s1. The van der Waals surface area contributed by atoms with E-state index >= 15 is 8.78 Å². The van der Waals surface area contributed by atoms with Crippen LogP contribution >= 0.6 is 0 Å². The molecule has 2 N–H and O–H groups in total. The number of halogens is 7. The first-order chi connectivity index (χ1) is 23.4. The highest BCUT2D eigenvalue weighted by Crippen LogP contribution is 2.45. The van der Waals surface area contributed by atoms with Crippen LogP contribution in [0.1, 0.15) is 44.2 Å². The van der Waals surface area contributed by atoms with Gasteiger partial charge in [0.15, 0.2) is 30.0 Å². The number of phenols is 1. The number of hydrogen-bond donors (Lipinski definition) is 2. The monoisotopic (exact) mass is 692 g/mol. The van der Waals surface area contributed by atoms with Crippen molar-refractivity contribution >= 4 is 27.5 Å². The average molecular weight is 693 g/mol. The molecule has 9 nitrogen and oxygen atoms in total. The zero-order valence-electron chi connectivity index (χ0n) is 26.0. The van der Waals surface area contributed by atoms with Crippen LogP contribution in [0.4, 0.5) is 36.6 Å². The van der Waals surface area contributed by atoms with Crippen LogP contribution in [-0.4, -0.2) is 81.7 Å². The van der Waals surface area contributed by atoms with E-state index in [1.807, 2.05) is 0 Å². The topological polar surface area (TPSA) is 95.9 Å². The van der Waals surface area contributed by atoms with Crippen molar-refractivity contribution in [2.24, 2.45) is 0 Å². The summed E-state index contributed by atoms with van der Waals surface area (Å²) in [5.41, 5.74) is -1.30. The minimum absolute atomic E-state index is 0.0181. The second-order valence-electron chi connectivity index (χ2n) is 13.1. The molecule has 49 heavy (non-hydrogen) atoms. The van der Waals surface area contributed by atoms with E-state index in [1.165, 1.54) is 4.90 Å². The Morgan fingerprint density at radius 2 is 1.78 bits per heavy atom. The van der Waals surface area contributed by atoms with Gasteiger partial charge in [-0.3, -0.25) is 10.2 Å². The molecule has 3 fully saturated rings. The number of aromatic hydroxyl groups is 1. The van der Waals surface area contributed by atoms with Crippen LogP contribution in [0.25, 0.3) is 32.9 Å². The molecule has 3 atom stereocenters. The summed E-state index contributed by atoms with van der Waals surface area (Å²) in [5.74, 6) is -4.16. The Morgan fingerprint density at radius 1 is 1.00 bits per heavy atom. The largest absolute Gasteiger partial charge is 0.573 e. The Kier molecular flexibility index (Phi) is 7.66. The van der Waals surface area contributed by atoms with Gasteiger partial charge in [-0.25, -0.2) is 22.5 Å². The van der Waals surface area contributed by atoms with E-state index in [0.29, 0.717) is 6.42 Å². The molecule has 0 radical (unpaired) electrons. The Balaban J connectivity index is 1.36. The number of aromatic nitrogens is 3. The van der Waals surface area contributed by atoms with Crippen molar-refractivity contribution in [3.63, 3.8) is 0 Å². The number of pyridine rings is 1. The number of hydrogen-bond acceptors (Lipinski definition) is 9. The smallest absolute Gasteiger partial charge is 0.508 e. The number of rotatable bonds is 5. The van der Waals surface area contributed by atoms with Gasteiger partial charge >= 0.3 is 12.4 Å². The SMILES string of the molecule is Oc1cc(-c2nc3c4c(nc(OCC56CCCN5CCC6)nc4c2F)N2CC(F)NC(F)[C@H]2CCC3)c2c(OC(F)(F)F)c(F)ccc2c1. The molecular weight excluding hydrogens is 661 g/mol. The zero-order valence-corrected chi connectivity index (χ0v) is 26.0.